The quantitative estimate of drug-likeness (QED) is 0.539. The minimum absolute atomic E-state index is 0.213. The van der Waals surface area contributed by atoms with E-state index in [0.717, 1.165) is 0 Å². The van der Waals surface area contributed by atoms with Gasteiger partial charge in [0, 0.05) is 0 Å². The van der Waals surface area contributed by atoms with Crippen LogP contribution in [-0.4, -0.2) is 0 Å². The van der Waals surface area contributed by atoms with Gasteiger partial charge in [-0.2, -0.15) is 0 Å². The first-order valence-corrected chi connectivity index (χ1v) is 5.73. The summed E-state index contributed by atoms with van der Waals surface area (Å²) >= 11 is 0. The van der Waals surface area contributed by atoms with Crippen LogP contribution in [-0.2, 0) is 0 Å². The molecule has 0 fully saturated rings. The van der Waals surface area contributed by atoms with E-state index in [1.54, 1.807) is 0 Å². The van der Waals surface area contributed by atoms with Crippen molar-refractivity contribution in [1.29, 1.82) is 0 Å². The van der Waals surface area contributed by atoms with Crippen LogP contribution in [0.1, 0.15) is 55.4 Å². The van der Waals surface area contributed by atoms with Crippen molar-refractivity contribution in [2.45, 2.75) is 55.4 Å². The highest BCUT2D eigenvalue weighted by Gasteiger charge is 2.20. The fourth-order valence-electron chi connectivity index (χ4n) is 2.01. The standard InChI is InChI=1S/C15H26/c1-9-11(3)13(5)14(12(4)10-2)15(6,7)8/h9-10H,1-8H3/b11-9+,12-10+,14-13+. The molecule has 0 amide bonds. The lowest BCUT2D eigenvalue weighted by molar-refractivity contribution is 0.505. The molecular weight excluding hydrogens is 180 g/mol. The summed E-state index contributed by atoms with van der Waals surface area (Å²) < 4.78 is 0. The first-order chi connectivity index (χ1) is 6.75. The molecule has 15 heavy (non-hydrogen) atoms. The average Bonchev–Trinajstić information content (AvgIpc) is 2.14. The summed E-state index contributed by atoms with van der Waals surface area (Å²) in [4.78, 5) is 0. The largest absolute Gasteiger partial charge is 0.0844 e. The third kappa shape index (κ3) is 3.70. The lowest BCUT2D eigenvalue weighted by Gasteiger charge is -2.27. The highest BCUT2D eigenvalue weighted by Crippen LogP contribution is 2.35. The van der Waals surface area contributed by atoms with Gasteiger partial charge in [-0.25, -0.2) is 0 Å². The normalized spacial score (nSPS) is 16.5. The van der Waals surface area contributed by atoms with Crippen molar-refractivity contribution >= 4 is 0 Å². The minimum atomic E-state index is 0.213. The van der Waals surface area contributed by atoms with Crippen LogP contribution in [0.3, 0.4) is 0 Å². The van der Waals surface area contributed by atoms with Gasteiger partial charge in [-0.15, -0.1) is 0 Å². The summed E-state index contributed by atoms with van der Waals surface area (Å²) in [5, 5.41) is 0. The zero-order chi connectivity index (χ0) is 12.2. The Kier molecular flexibility index (Phi) is 5.07. The van der Waals surface area contributed by atoms with Crippen molar-refractivity contribution in [1.82, 2.24) is 0 Å². The number of allylic oxidation sites excluding steroid dienone is 6. The third-order valence-corrected chi connectivity index (χ3v) is 2.98. The molecule has 0 nitrogen and oxygen atoms in total. The van der Waals surface area contributed by atoms with Gasteiger partial charge in [-0.1, -0.05) is 44.1 Å². The zero-order valence-corrected chi connectivity index (χ0v) is 11.7. The maximum Gasteiger partial charge on any atom is -0.0127 e. The molecule has 86 valence electrons. The SMILES string of the molecule is C/C=C(C)/C(C)=C(\C(C)=C\C)C(C)(C)C. The van der Waals surface area contributed by atoms with Crippen LogP contribution in [0.25, 0.3) is 0 Å². The van der Waals surface area contributed by atoms with E-state index in [-0.39, 0.29) is 5.41 Å². The second-order valence-electron chi connectivity index (χ2n) is 5.19. The Morgan fingerprint density at radius 2 is 1.20 bits per heavy atom. The summed E-state index contributed by atoms with van der Waals surface area (Å²) in [6.07, 6.45) is 4.39. The van der Waals surface area contributed by atoms with E-state index in [0.29, 0.717) is 0 Å². The van der Waals surface area contributed by atoms with Gasteiger partial charge in [0.15, 0.2) is 0 Å². The minimum Gasteiger partial charge on any atom is -0.0844 e. The van der Waals surface area contributed by atoms with Crippen LogP contribution in [0, 0.1) is 5.41 Å². The monoisotopic (exact) mass is 206 g/mol. The van der Waals surface area contributed by atoms with E-state index in [1.807, 2.05) is 0 Å². The molecule has 0 aliphatic carbocycles. The number of hydrogen-bond donors (Lipinski definition) is 0. The molecule has 0 rings (SSSR count). The van der Waals surface area contributed by atoms with Crippen molar-refractivity contribution in [2.75, 3.05) is 0 Å². The maximum atomic E-state index is 2.28. The fourth-order valence-corrected chi connectivity index (χ4v) is 2.01. The fraction of sp³-hybridized carbons (Fsp3) is 0.600. The van der Waals surface area contributed by atoms with E-state index in [2.05, 4.69) is 67.5 Å². The van der Waals surface area contributed by atoms with E-state index >= 15 is 0 Å². The van der Waals surface area contributed by atoms with E-state index in [1.165, 1.54) is 22.3 Å². The Bertz CT molecular complexity index is 303. The number of rotatable bonds is 2. The molecule has 0 unspecified atom stereocenters. The Hall–Kier alpha value is -0.780. The Morgan fingerprint density at radius 1 is 0.800 bits per heavy atom. The highest BCUT2D eigenvalue weighted by atomic mass is 14.3. The van der Waals surface area contributed by atoms with E-state index < -0.39 is 0 Å². The smallest absolute Gasteiger partial charge is 0.0127 e. The topological polar surface area (TPSA) is 0 Å². The Labute approximate surface area is 95.8 Å². The van der Waals surface area contributed by atoms with Crippen molar-refractivity contribution in [3.05, 3.63) is 34.4 Å². The molecule has 0 spiro atoms. The van der Waals surface area contributed by atoms with Gasteiger partial charge in [-0.05, 0) is 51.2 Å². The van der Waals surface area contributed by atoms with Crippen molar-refractivity contribution in [3.8, 4) is 0 Å². The molecule has 0 saturated heterocycles. The van der Waals surface area contributed by atoms with Crippen molar-refractivity contribution in [3.63, 3.8) is 0 Å². The van der Waals surface area contributed by atoms with Crippen molar-refractivity contribution in [2.24, 2.45) is 5.41 Å². The summed E-state index contributed by atoms with van der Waals surface area (Å²) in [5.74, 6) is 0. The van der Waals surface area contributed by atoms with Crippen LogP contribution in [0.4, 0.5) is 0 Å². The summed E-state index contributed by atoms with van der Waals surface area (Å²) in [7, 11) is 0. The first kappa shape index (κ1) is 14.2. The van der Waals surface area contributed by atoms with Gasteiger partial charge in [-0.3, -0.25) is 0 Å². The van der Waals surface area contributed by atoms with Crippen LogP contribution < -0.4 is 0 Å². The van der Waals surface area contributed by atoms with Gasteiger partial charge < -0.3 is 0 Å². The number of hydrogen-bond acceptors (Lipinski definition) is 0. The molecule has 0 aromatic rings. The molecule has 0 aromatic heterocycles. The van der Waals surface area contributed by atoms with Gasteiger partial charge in [0.1, 0.15) is 0 Å². The molecule has 0 heterocycles. The molecule has 0 aliphatic heterocycles. The van der Waals surface area contributed by atoms with E-state index in [9.17, 15) is 0 Å². The second kappa shape index (κ2) is 5.34. The van der Waals surface area contributed by atoms with Crippen LogP contribution in [0.2, 0.25) is 0 Å². The molecule has 0 aromatic carbocycles. The summed E-state index contributed by atoms with van der Waals surface area (Å²) in [6.45, 7) is 17.7. The molecule has 0 saturated carbocycles. The second-order valence-corrected chi connectivity index (χ2v) is 5.19. The van der Waals surface area contributed by atoms with Crippen LogP contribution >= 0.6 is 0 Å². The van der Waals surface area contributed by atoms with Gasteiger partial charge in [0.2, 0.25) is 0 Å². The van der Waals surface area contributed by atoms with Gasteiger partial charge in [0.05, 0.1) is 0 Å². The van der Waals surface area contributed by atoms with Crippen molar-refractivity contribution < 1.29 is 0 Å². The molecular formula is C15H26. The first-order valence-electron chi connectivity index (χ1n) is 5.73. The maximum absolute atomic E-state index is 2.28. The Morgan fingerprint density at radius 3 is 1.47 bits per heavy atom. The predicted molar refractivity (Wildman–Crippen MR) is 71.0 cm³/mol. The lowest BCUT2D eigenvalue weighted by atomic mass is 9.78. The summed E-state index contributed by atoms with van der Waals surface area (Å²) in [5.41, 5.74) is 5.87. The summed E-state index contributed by atoms with van der Waals surface area (Å²) in [6, 6.07) is 0. The molecule has 0 atom stereocenters. The highest BCUT2D eigenvalue weighted by molar-refractivity contribution is 5.44. The van der Waals surface area contributed by atoms with Crippen LogP contribution in [0.15, 0.2) is 34.4 Å². The van der Waals surface area contributed by atoms with Gasteiger partial charge >= 0.3 is 0 Å². The Balaban J connectivity index is 5.69. The molecule has 0 N–H and O–H groups in total. The lowest BCUT2D eigenvalue weighted by Crippen LogP contribution is -2.13. The average molecular weight is 206 g/mol. The zero-order valence-electron chi connectivity index (χ0n) is 11.7. The third-order valence-electron chi connectivity index (χ3n) is 2.98. The van der Waals surface area contributed by atoms with Gasteiger partial charge in [0.25, 0.3) is 0 Å². The predicted octanol–water partition coefficient (Wildman–Crippen LogP) is 5.28. The molecule has 0 heteroatoms. The molecule has 0 bridgehead atoms. The van der Waals surface area contributed by atoms with Crippen LogP contribution in [0.5, 0.6) is 0 Å². The van der Waals surface area contributed by atoms with E-state index in [4.69, 9.17) is 0 Å². The molecule has 0 radical (unpaired) electrons. The molecule has 0 aliphatic rings.